The number of anilines is 1. The van der Waals surface area contributed by atoms with E-state index >= 15 is 0 Å². The van der Waals surface area contributed by atoms with Crippen LogP contribution in [0.3, 0.4) is 0 Å². The van der Waals surface area contributed by atoms with Crippen molar-refractivity contribution in [2.75, 3.05) is 19.0 Å². The van der Waals surface area contributed by atoms with Crippen molar-refractivity contribution in [3.63, 3.8) is 0 Å². The van der Waals surface area contributed by atoms with Gasteiger partial charge in [0.25, 0.3) is 0 Å². The van der Waals surface area contributed by atoms with Crippen molar-refractivity contribution < 1.29 is 5.11 Å². The van der Waals surface area contributed by atoms with E-state index < -0.39 is 0 Å². The predicted molar refractivity (Wildman–Crippen MR) is 44.5 cm³/mol. The molecule has 0 aliphatic heterocycles. The molecule has 0 amide bonds. The average Bonchev–Trinajstić information content (AvgIpc) is 2.05. The van der Waals surface area contributed by atoms with Gasteiger partial charge in [-0.25, -0.2) is 0 Å². The second kappa shape index (κ2) is 3.34. The number of nitrogens with zero attached hydrogens (tertiary/aromatic N) is 2. The van der Waals surface area contributed by atoms with Crippen LogP contribution in [0.4, 0.5) is 5.69 Å². The SMILES string of the molecule is CN(C)c1ccc(CO)nc1. The van der Waals surface area contributed by atoms with Crippen LogP contribution in [0.5, 0.6) is 0 Å². The Morgan fingerprint density at radius 2 is 2.18 bits per heavy atom. The van der Waals surface area contributed by atoms with Crippen LogP contribution in [-0.4, -0.2) is 24.2 Å². The number of rotatable bonds is 2. The molecule has 0 atom stereocenters. The van der Waals surface area contributed by atoms with Crippen molar-refractivity contribution >= 4 is 5.69 Å². The molecule has 0 saturated carbocycles. The van der Waals surface area contributed by atoms with Crippen LogP contribution in [0.25, 0.3) is 0 Å². The van der Waals surface area contributed by atoms with Crippen LogP contribution in [0, 0.1) is 0 Å². The fourth-order valence-electron chi connectivity index (χ4n) is 0.775. The number of aliphatic hydroxyl groups excluding tert-OH is 1. The van der Waals surface area contributed by atoms with Gasteiger partial charge in [-0.1, -0.05) is 0 Å². The Morgan fingerprint density at radius 1 is 1.45 bits per heavy atom. The highest BCUT2D eigenvalue weighted by Crippen LogP contribution is 2.08. The second-order valence-corrected chi connectivity index (χ2v) is 2.56. The first-order chi connectivity index (χ1) is 5.24. The van der Waals surface area contributed by atoms with E-state index in [-0.39, 0.29) is 6.61 Å². The van der Waals surface area contributed by atoms with Crippen molar-refractivity contribution in [2.24, 2.45) is 0 Å². The number of hydrogen-bond acceptors (Lipinski definition) is 3. The maximum Gasteiger partial charge on any atom is 0.0852 e. The molecule has 0 radical (unpaired) electrons. The Bertz CT molecular complexity index is 218. The zero-order valence-corrected chi connectivity index (χ0v) is 6.78. The molecular formula is C8H12N2O. The average molecular weight is 152 g/mol. The minimum Gasteiger partial charge on any atom is -0.390 e. The number of aliphatic hydroxyl groups is 1. The molecule has 0 spiro atoms. The summed E-state index contributed by atoms with van der Waals surface area (Å²) in [6.45, 7) is 0.00765. The van der Waals surface area contributed by atoms with Crippen LogP contribution in [0.2, 0.25) is 0 Å². The molecule has 11 heavy (non-hydrogen) atoms. The molecule has 0 saturated heterocycles. The summed E-state index contributed by atoms with van der Waals surface area (Å²) in [5, 5.41) is 8.69. The molecule has 0 unspecified atom stereocenters. The predicted octanol–water partition coefficient (Wildman–Crippen LogP) is 0.640. The highest BCUT2D eigenvalue weighted by molar-refractivity contribution is 5.42. The Kier molecular flexibility index (Phi) is 2.44. The fraction of sp³-hybridized carbons (Fsp3) is 0.375. The molecule has 3 heteroatoms. The molecule has 1 aromatic heterocycles. The number of aromatic nitrogens is 1. The van der Waals surface area contributed by atoms with Crippen molar-refractivity contribution in [3.05, 3.63) is 24.0 Å². The van der Waals surface area contributed by atoms with Crippen LogP contribution in [-0.2, 0) is 6.61 Å². The summed E-state index contributed by atoms with van der Waals surface area (Å²) in [5.41, 5.74) is 1.75. The van der Waals surface area contributed by atoms with Crippen molar-refractivity contribution in [2.45, 2.75) is 6.61 Å². The molecular weight excluding hydrogens is 140 g/mol. The summed E-state index contributed by atoms with van der Waals surface area (Å²) < 4.78 is 0. The van der Waals surface area contributed by atoms with Gasteiger partial charge in [0.2, 0.25) is 0 Å². The minimum atomic E-state index is 0.00765. The van der Waals surface area contributed by atoms with Gasteiger partial charge >= 0.3 is 0 Å². The lowest BCUT2D eigenvalue weighted by atomic mass is 10.3. The molecule has 0 aromatic carbocycles. The van der Waals surface area contributed by atoms with Gasteiger partial charge in [-0.3, -0.25) is 4.98 Å². The zero-order chi connectivity index (χ0) is 8.27. The molecule has 0 aliphatic carbocycles. The molecule has 1 N–H and O–H groups in total. The van der Waals surface area contributed by atoms with E-state index in [0.717, 1.165) is 5.69 Å². The summed E-state index contributed by atoms with van der Waals surface area (Å²) in [7, 11) is 3.91. The topological polar surface area (TPSA) is 36.4 Å². The van der Waals surface area contributed by atoms with Crippen LogP contribution in [0.1, 0.15) is 5.69 Å². The van der Waals surface area contributed by atoms with Crippen molar-refractivity contribution in [1.29, 1.82) is 0 Å². The van der Waals surface area contributed by atoms with Crippen molar-refractivity contribution in [3.8, 4) is 0 Å². The lowest BCUT2D eigenvalue weighted by Crippen LogP contribution is -2.08. The molecule has 0 bridgehead atoms. The first-order valence-electron chi connectivity index (χ1n) is 3.47. The first kappa shape index (κ1) is 8.01. The van der Waals surface area contributed by atoms with Gasteiger partial charge in [-0.2, -0.15) is 0 Å². The van der Waals surface area contributed by atoms with E-state index in [0.29, 0.717) is 5.69 Å². The fourth-order valence-corrected chi connectivity index (χ4v) is 0.775. The van der Waals surface area contributed by atoms with Crippen LogP contribution >= 0.6 is 0 Å². The Labute approximate surface area is 66.3 Å². The second-order valence-electron chi connectivity index (χ2n) is 2.56. The summed E-state index contributed by atoms with van der Waals surface area (Å²) in [5.74, 6) is 0. The third-order valence-electron chi connectivity index (χ3n) is 1.49. The lowest BCUT2D eigenvalue weighted by molar-refractivity contribution is 0.277. The molecule has 1 rings (SSSR count). The standard InChI is InChI=1S/C8H12N2O/c1-10(2)8-4-3-7(6-11)9-5-8/h3-5,11H,6H2,1-2H3. The summed E-state index contributed by atoms with van der Waals surface area (Å²) >= 11 is 0. The largest absolute Gasteiger partial charge is 0.390 e. The summed E-state index contributed by atoms with van der Waals surface area (Å²) in [6, 6.07) is 3.74. The van der Waals surface area contributed by atoms with E-state index in [1.807, 2.05) is 31.1 Å². The van der Waals surface area contributed by atoms with Gasteiger partial charge < -0.3 is 10.0 Å². The van der Waals surface area contributed by atoms with Gasteiger partial charge in [0.05, 0.1) is 24.2 Å². The van der Waals surface area contributed by atoms with E-state index in [1.54, 1.807) is 6.20 Å². The molecule has 1 aromatic rings. The maximum atomic E-state index is 8.69. The highest BCUT2D eigenvalue weighted by Gasteiger charge is 1.94. The first-order valence-corrected chi connectivity index (χ1v) is 3.47. The molecule has 1 heterocycles. The lowest BCUT2D eigenvalue weighted by Gasteiger charge is -2.11. The smallest absolute Gasteiger partial charge is 0.0852 e. The Hall–Kier alpha value is -1.09. The van der Waals surface area contributed by atoms with Gasteiger partial charge in [0, 0.05) is 14.1 Å². The third kappa shape index (κ3) is 1.91. The monoisotopic (exact) mass is 152 g/mol. The van der Waals surface area contributed by atoms with E-state index in [9.17, 15) is 0 Å². The van der Waals surface area contributed by atoms with Crippen LogP contribution in [0.15, 0.2) is 18.3 Å². The van der Waals surface area contributed by atoms with Gasteiger partial charge in [-0.05, 0) is 12.1 Å². The third-order valence-corrected chi connectivity index (χ3v) is 1.49. The summed E-state index contributed by atoms with van der Waals surface area (Å²) in [4.78, 5) is 5.99. The maximum absolute atomic E-state index is 8.69. The normalized spacial score (nSPS) is 9.73. The quantitative estimate of drug-likeness (QED) is 0.675. The number of pyridine rings is 1. The molecule has 0 fully saturated rings. The van der Waals surface area contributed by atoms with Crippen LogP contribution < -0.4 is 4.90 Å². The van der Waals surface area contributed by atoms with E-state index in [1.165, 1.54) is 0 Å². The molecule has 0 aliphatic rings. The van der Waals surface area contributed by atoms with E-state index in [2.05, 4.69) is 4.98 Å². The minimum absolute atomic E-state index is 0.00765. The molecule has 3 nitrogen and oxygen atoms in total. The van der Waals surface area contributed by atoms with Crippen molar-refractivity contribution in [1.82, 2.24) is 4.98 Å². The zero-order valence-electron chi connectivity index (χ0n) is 6.78. The Balaban J connectivity index is 2.83. The summed E-state index contributed by atoms with van der Waals surface area (Å²) in [6.07, 6.45) is 1.74. The van der Waals surface area contributed by atoms with Gasteiger partial charge in [-0.15, -0.1) is 0 Å². The Morgan fingerprint density at radius 3 is 2.55 bits per heavy atom. The van der Waals surface area contributed by atoms with Gasteiger partial charge in [0.15, 0.2) is 0 Å². The highest BCUT2D eigenvalue weighted by atomic mass is 16.3. The number of hydrogen-bond donors (Lipinski definition) is 1. The molecule has 60 valence electrons. The van der Waals surface area contributed by atoms with Gasteiger partial charge in [0.1, 0.15) is 0 Å². The van der Waals surface area contributed by atoms with E-state index in [4.69, 9.17) is 5.11 Å².